The van der Waals surface area contributed by atoms with Crippen LogP contribution in [0.15, 0.2) is 12.3 Å². The van der Waals surface area contributed by atoms with Crippen LogP contribution in [0.25, 0.3) is 11.0 Å². The van der Waals surface area contributed by atoms with Crippen LogP contribution in [0.2, 0.25) is 5.15 Å². The van der Waals surface area contributed by atoms with E-state index in [4.69, 9.17) is 11.6 Å². The number of H-pyrrole nitrogens is 1. The van der Waals surface area contributed by atoms with Gasteiger partial charge in [0.25, 0.3) is 0 Å². The lowest BCUT2D eigenvalue weighted by atomic mass is 10.2. The molecule has 2 heterocycles. The van der Waals surface area contributed by atoms with Crippen LogP contribution in [-0.2, 0) is 0 Å². The Morgan fingerprint density at radius 3 is 3.08 bits per heavy atom. The molecule has 0 aliphatic carbocycles. The molecular weight excluding hydrogens is 179 g/mol. The second kappa shape index (κ2) is 2.45. The number of fused-ring (bicyclic) bond motifs is 1. The van der Waals surface area contributed by atoms with Crippen LogP contribution in [0, 0.1) is 12.7 Å². The average Bonchev–Trinajstić information content (AvgIpc) is 2.35. The van der Waals surface area contributed by atoms with Crippen molar-refractivity contribution in [3.05, 3.63) is 28.8 Å². The van der Waals surface area contributed by atoms with Gasteiger partial charge in [0, 0.05) is 11.6 Å². The van der Waals surface area contributed by atoms with Gasteiger partial charge in [-0.1, -0.05) is 11.6 Å². The summed E-state index contributed by atoms with van der Waals surface area (Å²) in [6.07, 6.45) is 1.77. The lowest BCUT2D eigenvalue weighted by molar-refractivity contribution is 0.624. The molecule has 0 amide bonds. The summed E-state index contributed by atoms with van der Waals surface area (Å²) in [4.78, 5) is 6.72. The molecule has 4 heteroatoms. The number of aromatic amines is 1. The lowest BCUT2D eigenvalue weighted by Crippen LogP contribution is -1.83. The van der Waals surface area contributed by atoms with Crippen LogP contribution in [0.3, 0.4) is 0 Å². The molecule has 2 aromatic heterocycles. The van der Waals surface area contributed by atoms with E-state index in [0.717, 1.165) is 10.9 Å². The molecule has 0 aromatic carbocycles. The Morgan fingerprint density at radius 2 is 2.33 bits per heavy atom. The topological polar surface area (TPSA) is 28.7 Å². The van der Waals surface area contributed by atoms with Crippen molar-refractivity contribution >= 4 is 22.6 Å². The number of pyridine rings is 1. The number of hydrogen-bond acceptors (Lipinski definition) is 1. The molecule has 2 aromatic rings. The summed E-state index contributed by atoms with van der Waals surface area (Å²) in [6, 6.07) is 1.39. The Morgan fingerprint density at radius 1 is 1.58 bits per heavy atom. The van der Waals surface area contributed by atoms with Gasteiger partial charge in [0.1, 0.15) is 5.65 Å². The van der Waals surface area contributed by atoms with Gasteiger partial charge in [0.15, 0.2) is 11.0 Å². The fourth-order valence-corrected chi connectivity index (χ4v) is 1.27. The van der Waals surface area contributed by atoms with E-state index in [1.165, 1.54) is 6.07 Å². The van der Waals surface area contributed by atoms with E-state index >= 15 is 0 Å². The van der Waals surface area contributed by atoms with Crippen LogP contribution >= 0.6 is 11.6 Å². The third kappa shape index (κ3) is 0.975. The Balaban J connectivity index is 2.87. The number of nitrogens with one attached hydrogen (secondary N) is 1. The smallest absolute Gasteiger partial charge is 0.167 e. The third-order valence-electron chi connectivity index (χ3n) is 1.78. The Hall–Kier alpha value is -1.09. The summed E-state index contributed by atoms with van der Waals surface area (Å²) in [7, 11) is 0. The molecule has 12 heavy (non-hydrogen) atoms. The second-order valence-electron chi connectivity index (χ2n) is 2.63. The zero-order chi connectivity index (χ0) is 8.72. The number of aromatic nitrogens is 2. The van der Waals surface area contributed by atoms with Gasteiger partial charge in [-0.25, -0.2) is 9.37 Å². The molecule has 2 rings (SSSR count). The SMILES string of the molecule is Cc1c[nH]c2nc(Cl)c(F)cc12. The maximum atomic E-state index is 12.9. The molecule has 0 radical (unpaired) electrons. The second-order valence-corrected chi connectivity index (χ2v) is 2.99. The Labute approximate surface area is 73.4 Å². The van der Waals surface area contributed by atoms with Gasteiger partial charge in [-0.2, -0.15) is 0 Å². The summed E-state index contributed by atoms with van der Waals surface area (Å²) in [5, 5.41) is 0.682. The highest BCUT2D eigenvalue weighted by atomic mass is 35.5. The number of aryl methyl sites for hydroxylation is 1. The Bertz CT molecular complexity index is 436. The summed E-state index contributed by atoms with van der Waals surface area (Å²) in [6.45, 7) is 1.88. The van der Waals surface area contributed by atoms with E-state index < -0.39 is 5.82 Å². The highest BCUT2D eigenvalue weighted by molar-refractivity contribution is 6.29. The average molecular weight is 185 g/mol. The van der Waals surface area contributed by atoms with Gasteiger partial charge >= 0.3 is 0 Å². The monoisotopic (exact) mass is 184 g/mol. The van der Waals surface area contributed by atoms with Gasteiger partial charge < -0.3 is 4.98 Å². The first-order valence-corrected chi connectivity index (χ1v) is 3.86. The molecule has 0 saturated heterocycles. The Kier molecular flexibility index (Phi) is 1.54. The van der Waals surface area contributed by atoms with Crippen LogP contribution in [0.5, 0.6) is 0 Å². The summed E-state index contributed by atoms with van der Waals surface area (Å²) < 4.78 is 12.9. The molecule has 0 fully saturated rings. The van der Waals surface area contributed by atoms with Crippen molar-refractivity contribution in [1.82, 2.24) is 9.97 Å². The highest BCUT2D eigenvalue weighted by Gasteiger charge is 2.06. The third-order valence-corrected chi connectivity index (χ3v) is 2.05. The van der Waals surface area contributed by atoms with Gasteiger partial charge in [-0.05, 0) is 18.6 Å². The van der Waals surface area contributed by atoms with E-state index in [2.05, 4.69) is 9.97 Å². The molecular formula is C8H6ClFN2. The largest absolute Gasteiger partial charge is 0.346 e. The predicted molar refractivity (Wildman–Crippen MR) is 45.8 cm³/mol. The van der Waals surface area contributed by atoms with E-state index in [1.54, 1.807) is 6.20 Å². The molecule has 0 spiro atoms. The van der Waals surface area contributed by atoms with E-state index in [0.29, 0.717) is 5.65 Å². The van der Waals surface area contributed by atoms with Crippen molar-refractivity contribution < 1.29 is 4.39 Å². The number of rotatable bonds is 0. The quantitative estimate of drug-likeness (QED) is 0.627. The zero-order valence-corrected chi connectivity index (χ0v) is 7.11. The molecule has 0 bridgehead atoms. The summed E-state index contributed by atoms with van der Waals surface area (Å²) in [5.74, 6) is -0.480. The van der Waals surface area contributed by atoms with Gasteiger partial charge in [-0.3, -0.25) is 0 Å². The fourth-order valence-electron chi connectivity index (χ4n) is 1.13. The molecule has 0 saturated carbocycles. The minimum atomic E-state index is -0.480. The normalized spacial score (nSPS) is 10.9. The van der Waals surface area contributed by atoms with Crippen molar-refractivity contribution in [3.63, 3.8) is 0 Å². The maximum Gasteiger partial charge on any atom is 0.167 e. The minimum Gasteiger partial charge on any atom is -0.346 e. The van der Waals surface area contributed by atoms with Crippen LogP contribution in [0.4, 0.5) is 4.39 Å². The number of nitrogens with zero attached hydrogens (tertiary/aromatic N) is 1. The first kappa shape index (κ1) is 7.55. The van der Waals surface area contributed by atoms with Gasteiger partial charge in [0.05, 0.1) is 0 Å². The number of halogens is 2. The predicted octanol–water partition coefficient (Wildman–Crippen LogP) is 2.66. The molecule has 2 nitrogen and oxygen atoms in total. The lowest BCUT2D eigenvalue weighted by Gasteiger charge is -1.93. The minimum absolute atomic E-state index is 0.0932. The van der Waals surface area contributed by atoms with Crippen LogP contribution in [0.1, 0.15) is 5.56 Å². The highest BCUT2D eigenvalue weighted by Crippen LogP contribution is 2.20. The first-order valence-electron chi connectivity index (χ1n) is 3.48. The molecule has 0 atom stereocenters. The summed E-state index contributed by atoms with van der Waals surface area (Å²) >= 11 is 5.49. The van der Waals surface area contributed by atoms with Gasteiger partial charge in [-0.15, -0.1) is 0 Å². The zero-order valence-electron chi connectivity index (χ0n) is 6.36. The van der Waals surface area contributed by atoms with E-state index in [9.17, 15) is 4.39 Å². The van der Waals surface area contributed by atoms with E-state index in [1.807, 2.05) is 6.92 Å². The molecule has 0 aliphatic rings. The molecule has 0 unspecified atom stereocenters. The first-order chi connectivity index (χ1) is 5.68. The fraction of sp³-hybridized carbons (Fsp3) is 0.125. The van der Waals surface area contributed by atoms with Crippen molar-refractivity contribution in [2.75, 3.05) is 0 Å². The van der Waals surface area contributed by atoms with E-state index in [-0.39, 0.29) is 5.15 Å². The van der Waals surface area contributed by atoms with Crippen molar-refractivity contribution in [2.45, 2.75) is 6.92 Å². The standard InChI is InChI=1S/C8H6ClFN2/c1-4-3-11-8-5(4)2-6(10)7(9)12-8/h2-3H,1H3,(H,11,12). The van der Waals surface area contributed by atoms with Crippen molar-refractivity contribution in [2.24, 2.45) is 0 Å². The molecule has 62 valence electrons. The van der Waals surface area contributed by atoms with Crippen molar-refractivity contribution in [3.8, 4) is 0 Å². The van der Waals surface area contributed by atoms with Crippen LogP contribution < -0.4 is 0 Å². The summed E-state index contributed by atoms with van der Waals surface area (Å²) in [5.41, 5.74) is 1.59. The van der Waals surface area contributed by atoms with Gasteiger partial charge in [0.2, 0.25) is 0 Å². The molecule has 0 aliphatic heterocycles. The maximum absolute atomic E-state index is 12.9. The van der Waals surface area contributed by atoms with Crippen LogP contribution in [-0.4, -0.2) is 9.97 Å². The number of hydrogen-bond donors (Lipinski definition) is 1. The van der Waals surface area contributed by atoms with Crippen molar-refractivity contribution in [1.29, 1.82) is 0 Å². The molecule has 1 N–H and O–H groups in total.